The standard InChI is InChI=1S/C15H15FO4S/c1-10(17)11-3-8-15(14(16)9-11)20-12-4-6-13(7-5-12)21(2,18)19/h3-10,17H,1-2H3. The van der Waals surface area contributed by atoms with Crippen molar-refractivity contribution in [3.8, 4) is 11.5 Å². The van der Waals surface area contributed by atoms with E-state index >= 15 is 0 Å². The van der Waals surface area contributed by atoms with Crippen LogP contribution in [0.4, 0.5) is 4.39 Å². The second kappa shape index (κ2) is 5.83. The van der Waals surface area contributed by atoms with Crippen LogP contribution in [0.3, 0.4) is 0 Å². The molecule has 0 aliphatic carbocycles. The molecule has 1 unspecified atom stereocenters. The highest BCUT2D eigenvalue weighted by atomic mass is 32.2. The number of hydrogen-bond donors (Lipinski definition) is 1. The summed E-state index contributed by atoms with van der Waals surface area (Å²) >= 11 is 0. The smallest absolute Gasteiger partial charge is 0.175 e. The van der Waals surface area contributed by atoms with E-state index < -0.39 is 21.8 Å². The Labute approximate surface area is 122 Å². The third-order valence-electron chi connectivity index (χ3n) is 2.92. The fourth-order valence-electron chi connectivity index (χ4n) is 1.74. The summed E-state index contributed by atoms with van der Waals surface area (Å²) in [6.45, 7) is 1.54. The third kappa shape index (κ3) is 3.80. The van der Waals surface area contributed by atoms with Crippen molar-refractivity contribution >= 4 is 9.84 Å². The number of aliphatic hydroxyl groups is 1. The molecule has 21 heavy (non-hydrogen) atoms. The predicted octanol–water partition coefficient (Wildman–Crippen LogP) is 3.07. The van der Waals surface area contributed by atoms with Crippen LogP contribution < -0.4 is 4.74 Å². The summed E-state index contributed by atoms with van der Waals surface area (Å²) in [4.78, 5) is 0.166. The maximum Gasteiger partial charge on any atom is 0.175 e. The van der Waals surface area contributed by atoms with E-state index in [1.54, 1.807) is 13.0 Å². The Hall–Kier alpha value is -1.92. The van der Waals surface area contributed by atoms with Crippen molar-refractivity contribution in [2.45, 2.75) is 17.9 Å². The molecule has 112 valence electrons. The molecule has 0 spiro atoms. The summed E-state index contributed by atoms with van der Waals surface area (Å²) in [7, 11) is -3.27. The van der Waals surface area contributed by atoms with Gasteiger partial charge in [-0.2, -0.15) is 0 Å². The Kier molecular flexibility index (Phi) is 4.29. The topological polar surface area (TPSA) is 63.6 Å². The Bertz CT molecular complexity index is 737. The van der Waals surface area contributed by atoms with Crippen LogP contribution in [0.1, 0.15) is 18.6 Å². The zero-order valence-corrected chi connectivity index (χ0v) is 12.4. The van der Waals surface area contributed by atoms with Gasteiger partial charge in [0.05, 0.1) is 11.0 Å². The van der Waals surface area contributed by atoms with Crippen molar-refractivity contribution in [2.75, 3.05) is 6.26 Å². The molecular formula is C15H15FO4S. The van der Waals surface area contributed by atoms with E-state index in [0.717, 1.165) is 6.26 Å². The number of halogens is 1. The van der Waals surface area contributed by atoms with Crippen molar-refractivity contribution in [1.82, 2.24) is 0 Å². The van der Waals surface area contributed by atoms with Crippen LogP contribution in [-0.4, -0.2) is 19.8 Å². The van der Waals surface area contributed by atoms with Gasteiger partial charge in [0.25, 0.3) is 0 Å². The Morgan fingerprint density at radius 3 is 2.24 bits per heavy atom. The van der Waals surface area contributed by atoms with Gasteiger partial charge in [0.1, 0.15) is 5.75 Å². The zero-order valence-electron chi connectivity index (χ0n) is 11.6. The van der Waals surface area contributed by atoms with E-state index in [9.17, 15) is 17.9 Å². The van der Waals surface area contributed by atoms with Crippen LogP contribution in [0.5, 0.6) is 11.5 Å². The molecule has 0 fully saturated rings. The summed E-state index contributed by atoms with van der Waals surface area (Å²) in [5, 5.41) is 9.37. The van der Waals surface area contributed by atoms with E-state index in [1.807, 2.05) is 0 Å². The van der Waals surface area contributed by atoms with Gasteiger partial charge >= 0.3 is 0 Å². The van der Waals surface area contributed by atoms with Crippen LogP contribution >= 0.6 is 0 Å². The average molecular weight is 310 g/mol. The summed E-state index contributed by atoms with van der Waals surface area (Å²) in [5.74, 6) is -0.266. The maximum atomic E-state index is 13.8. The largest absolute Gasteiger partial charge is 0.454 e. The van der Waals surface area contributed by atoms with E-state index in [0.29, 0.717) is 11.3 Å². The molecule has 0 radical (unpaired) electrons. The van der Waals surface area contributed by atoms with Gasteiger partial charge in [0, 0.05) is 6.26 Å². The molecule has 6 heteroatoms. The monoisotopic (exact) mass is 310 g/mol. The molecule has 0 aliphatic rings. The SMILES string of the molecule is CC(O)c1ccc(Oc2ccc(S(C)(=O)=O)cc2)c(F)c1. The fraction of sp³-hybridized carbons (Fsp3) is 0.200. The normalized spacial score (nSPS) is 13.0. The van der Waals surface area contributed by atoms with Crippen LogP contribution in [0.2, 0.25) is 0 Å². The lowest BCUT2D eigenvalue weighted by Gasteiger charge is -2.10. The first-order valence-electron chi connectivity index (χ1n) is 6.23. The highest BCUT2D eigenvalue weighted by molar-refractivity contribution is 7.90. The van der Waals surface area contributed by atoms with Crippen molar-refractivity contribution in [2.24, 2.45) is 0 Å². The molecule has 0 aliphatic heterocycles. The molecule has 1 atom stereocenters. The van der Waals surface area contributed by atoms with Gasteiger partial charge in [-0.3, -0.25) is 0 Å². The number of ether oxygens (including phenoxy) is 1. The van der Waals surface area contributed by atoms with Gasteiger partial charge in [0.15, 0.2) is 21.4 Å². The van der Waals surface area contributed by atoms with Crippen molar-refractivity contribution in [1.29, 1.82) is 0 Å². The van der Waals surface area contributed by atoms with Gasteiger partial charge in [-0.05, 0) is 48.9 Å². The molecule has 4 nitrogen and oxygen atoms in total. The summed E-state index contributed by atoms with van der Waals surface area (Å²) in [6.07, 6.45) is 0.347. The average Bonchev–Trinajstić information content (AvgIpc) is 2.40. The number of hydrogen-bond acceptors (Lipinski definition) is 4. The first kappa shape index (κ1) is 15.5. The lowest BCUT2D eigenvalue weighted by Crippen LogP contribution is -1.97. The van der Waals surface area contributed by atoms with Gasteiger partial charge in [-0.15, -0.1) is 0 Å². The molecule has 2 rings (SSSR count). The molecule has 0 heterocycles. The second-order valence-electron chi connectivity index (χ2n) is 4.71. The van der Waals surface area contributed by atoms with E-state index in [1.165, 1.54) is 36.4 Å². The lowest BCUT2D eigenvalue weighted by molar-refractivity contribution is 0.198. The minimum absolute atomic E-state index is 0.00602. The number of benzene rings is 2. The van der Waals surface area contributed by atoms with Gasteiger partial charge in [-0.25, -0.2) is 12.8 Å². The van der Waals surface area contributed by atoms with Crippen LogP contribution in [0.25, 0.3) is 0 Å². The fourth-order valence-corrected chi connectivity index (χ4v) is 2.37. The predicted molar refractivity (Wildman–Crippen MR) is 76.7 cm³/mol. The molecule has 0 amide bonds. The molecule has 2 aromatic rings. The molecule has 0 bridgehead atoms. The highest BCUT2D eigenvalue weighted by Gasteiger charge is 2.10. The lowest BCUT2D eigenvalue weighted by atomic mass is 10.1. The zero-order chi connectivity index (χ0) is 15.6. The molecule has 0 saturated heterocycles. The molecule has 1 N–H and O–H groups in total. The van der Waals surface area contributed by atoms with Gasteiger partial charge < -0.3 is 9.84 Å². The van der Waals surface area contributed by atoms with Crippen molar-refractivity contribution in [3.63, 3.8) is 0 Å². The quantitative estimate of drug-likeness (QED) is 0.942. The third-order valence-corrected chi connectivity index (χ3v) is 4.05. The van der Waals surface area contributed by atoms with E-state index in [-0.39, 0.29) is 10.6 Å². The minimum Gasteiger partial charge on any atom is -0.454 e. The van der Waals surface area contributed by atoms with Crippen LogP contribution in [0.15, 0.2) is 47.4 Å². The summed E-state index contributed by atoms with van der Waals surface area (Å²) in [5.41, 5.74) is 0.451. The Morgan fingerprint density at radius 2 is 1.76 bits per heavy atom. The molecule has 0 saturated carbocycles. The first-order chi connectivity index (χ1) is 9.77. The van der Waals surface area contributed by atoms with E-state index in [4.69, 9.17) is 4.74 Å². The Morgan fingerprint density at radius 1 is 1.14 bits per heavy atom. The summed E-state index contributed by atoms with van der Waals surface area (Å²) < 4.78 is 41.9. The van der Waals surface area contributed by atoms with Crippen molar-refractivity contribution in [3.05, 3.63) is 53.8 Å². The summed E-state index contributed by atoms with van der Waals surface area (Å²) in [6, 6.07) is 9.89. The van der Waals surface area contributed by atoms with Gasteiger partial charge in [-0.1, -0.05) is 6.07 Å². The van der Waals surface area contributed by atoms with E-state index in [2.05, 4.69) is 0 Å². The van der Waals surface area contributed by atoms with Crippen molar-refractivity contribution < 1.29 is 22.7 Å². The maximum absolute atomic E-state index is 13.8. The Balaban J connectivity index is 2.22. The molecular weight excluding hydrogens is 295 g/mol. The first-order valence-corrected chi connectivity index (χ1v) is 8.12. The van der Waals surface area contributed by atoms with Crippen LogP contribution in [0, 0.1) is 5.82 Å². The number of sulfone groups is 1. The highest BCUT2D eigenvalue weighted by Crippen LogP contribution is 2.27. The minimum atomic E-state index is -3.27. The number of rotatable bonds is 4. The molecule has 0 aromatic heterocycles. The number of aliphatic hydroxyl groups excluding tert-OH is 1. The second-order valence-corrected chi connectivity index (χ2v) is 6.73. The van der Waals surface area contributed by atoms with Crippen LogP contribution in [-0.2, 0) is 9.84 Å². The molecule has 2 aromatic carbocycles. The van der Waals surface area contributed by atoms with Gasteiger partial charge in [0.2, 0.25) is 0 Å².